The molecule has 0 aromatic heterocycles. The second-order valence-corrected chi connectivity index (χ2v) is 9.18. The van der Waals surface area contributed by atoms with Crippen molar-refractivity contribution in [2.75, 3.05) is 13.1 Å². The minimum absolute atomic E-state index is 0.0174. The molecule has 0 bridgehead atoms. The zero-order chi connectivity index (χ0) is 19.2. The molecule has 7 heteroatoms. The molecule has 2 rings (SSSR count). The summed E-state index contributed by atoms with van der Waals surface area (Å²) in [7, 11) is -3.41. The van der Waals surface area contributed by atoms with Crippen molar-refractivity contribution in [3.05, 3.63) is 29.8 Å². The van der Waals surface area contributed by atoms with Crippen molar-refractivity contribution in [3.63, 3.8) is 0 Å². The highest BCUT2D eigenvalue weighted by molar-refractivity contribution is 7.89. The number of hydrogen-bond acceptors (Lipinski definition) is 3. The molecule has 0 radical (unpaired) electrons. The van der Waals surface area contributed by atoms with Crippen LogP contribution in [0.2, 0.25) is 0 Å². The van der Waals surface area contributed by atoms with Gasteiger partial charge in [-0.05, 0) is 49.7 Å². The Morgan fingerprint density at radius 2 is 1.73 bits per heavy atom. The van der Waals surface area contributed by atoms with E-state index in [4.69, 9.17) is 12.2 Å². The molecule has 26 heavy (non-hydrogen) atoms. The number of rotatable bonds is 7. The highest BCUT2D eigenvalue weighted by Crippen LogP contribution is 2.20. The molecular formula is C19H31N3O2S2. The molecule has 5 nitrogen and oxygen atoms in total. The van der Waals surface area contributed by atoms with Crippen LogP contribution in [0.3, 0.4) is 0 Å². The Balaban J connectivity index is 1.97. The van der Waals surface area contributed by atoms with Gasteiger partial charge in [0.1, 0.15) is 0 Å². The number of benzene rings is 1. The second kappa shape index (κ2) is 9.67. The number of nitrogens with one attached hydrogen (secondary N) is 2. The molecule has 146 valence electrons. The van der Waals surface area contributed by atoms with E-state index in [9.17, 15) is 8.42 Å². The van der Waals surface area contributed by atoms with E-state index in [1.54, 1.807) is 12.1 Å². The van der Waals surface area contributed by atoms with E-state index in [0.717, 1.165) is 5.56 Å². The standard InChI is InChI=1S/C19H31N3O2S2/c1-4-22(5-2)26(23,24)18-13-11-16(12-14-18)15(3)20-19(25)21-17-9-7-6-8-10-17/h11-15,17H,4-10H2,1-3H3,(H2,20,21,25)/t15-/m0/s1. The Hall–Kier alpha value is -1.18. The van der Waals surface area contributed by atoms with Gasteiger partial charge in [0, 0.05) is 19.1 Å². The molecule has 1 saturated carbocycles. The van der Waals surface area contributed by atoms with Gasteiger partial charge < -0.3 is 10.6 Å². The van der Waals surface area contributed by atoms with E-state index in [-0.39, 0.29) is 6.04 Å². The lowest BCUT2D eigenvalue weighted by Crippen LogP contribution is -2.43. The lowest BCUT2D eigenvalue weighted by molar-refractivity contribution is 0.411. The van der Waals surface area contributed by atoms with Crippen molar-refractivity contribution >= 4 is 27.4 Å². The number of sulfonamides is 1. The van der Waals surface area contributed by atoms with Gasteiger partial charge in [-0.2, -0.15) is 4.31 Å². The summed E-state index contributed by atoms with van der Waals surface area (Å²) in [5, 5.41) is 7.38. The summed E-state index contributed by atoms with van der Waals surface area (Å²) in [6, 6.07) is 7.56. The molecule has 0 saturated heterocycles. The van der Waals surface area contributed by atoms with Gasteiger partial charge in [-0.25, -0.2) is 8.42 Å². The van der Waals surface area contributed by atoms with E-state index in [1.807, 2.05) is 32.9 Å². The molecule has 1 aliphatic rings. The van der Waals surface area contributed by atoms with Crippen LogP contribution in [0.25, 0.3) is 0 Å². The number of thiocarbonyl (C=S) groups is 1. The van der Waals surface area contributed by atoms with Gasteiger partial charge in [0.15, 0.2) is 5.11 Å². The van der Waals surface area contributed by atoms with Crippen molar-refractivity contribution in [1.82, 2.24) is 14.9 Å². The highest BCUT2D eigenvalue weighted by Gasteiger charge is 2.21. The van der Waals surface area contributed by atoms with Crippen molar-refractivity contribution < 1.29 is 8.42 Å². The Bertz CT molecular complexity index is 679. The van der Waals surface area contributed by atoms with Crippen molar-refractivity contribution in [3.8, 4) is 0 Å². The molecule has 0 unspecified atom stereocenters. The molecule has 1 aromatic rings. The van der Waals surface area contributed by atoms with Crippen LogP contribution < -0.4 is 10.6 Å². The van der Waals surface area contributed by atoms with Crippen LogP contribution in [-0.4, -0.2) is 37.0 Å². The van der Waals surface area contributed by atoms with Crippen LogP contribution in [0.15, 0.2) is 29.2 Å². The van der Waals surface area contributed by atoms with Crippen molar-refractivity contribution in [2.45, 2.75) is 69.9 Å². The first-order chi connectivity index (χ1) is 12.4. The minimum atomic E-state index is -3.41. The van der Waals surface area contributed by atoms with E-state index in [1.165, 1.54) is 36.4 Å². The summed E-state index contributed by atoms with van der Waals surface area (Å²) in [6.45, 7) is 6.67. The molecule has 0 spiro atoms. The van der Waals surface area contributed by atoms with Crippen LogP contribution in [0.5, 0.6) is 0 Å². The first kappa shape index (κ1) is 21.1. The summed E-state index contributed by atoms with van der Waals surface area (Å²) in [6.07, 6.45) is 6.19. The Labute approximate surface area is 163 Å². The summed E-state index contributed by atoms with van der Waals surface area (Å²) < 4.78 is 26.6. The third-order valence-corrected chi connectivity index (χ3v) is 7.31. The van der Waals surface area contributed by atoms with E-state index < -0.39 is 10.0 Å². The predicted molar refractivity (Wildman–Crippen MR) is 111 cm³/mol. The zero-order valence-corrected chi connectivity index (χ0v) is 17.6. The lowest BCUT2D eigenvalue weighted by Gasteiger charge is -2.26. The van der Waals surface area contributed by atoms with Crippen LogP contribution in [0, 0.1) is 0 Å². The summed E-state index contributed by atoms with van der Waals surface area (Å²) >= 11 is 5.44. The average molecular weight is 398 g/mol. The largest absolute Gasteiger partial charge is 0.360 e. The fourth-order valence-corrected chi connectivity index (χ4v) is 5.20. The van der Waals surface area contributed by atoms with Gasteiger partial charge in [0.05, 0.1) is 10.9 Å². The molecule has 1 aromatic carbocycles. The van der Waals surface area contributed by atoms with Crippen LogP contribution in [-0.2, 0) is 10.0 Å². The minimum Gasteiger partial charge on any atom is -0.360 e. The maximum Gasteiger partial charge on any atom is 0.243 e. The number of hydrogen-bond donors (Lipinski definition) is 2. The first-order valence-electron chi connectivity index (χ1n) is 9.55. The third-order valence-electron chi connectivity index (χ3n) is 5.01. The quantitative estimate of drug-likeness (QED) is 0.689. The van der Waals surface area contributed by atoms with Crippen LogP contribution in [0.1, 0.15) is 64.5 Å². The third kappa shape index (κ3) is 5.41. The summed E-state index contributed by atoms with van der Waals surface area (Å²) in [5.74, 6) is 0. The molecule has 0 amide bonds. The second-order valence-electron chi connectivity index (χ2n) is 6.83. The van der Waals surface area contributed by atoms with E-state index in [2.05, 4.69) is 10.6 Å². The fraction of sp³-hybridized carbons (Fsp3) is 0.632. The molecule has 1 aliphatic carbocycles. The topological polar surface area (TPSA) is 61.4 Å². The first-order valence-corrected chi connectivity index (χ1v) is 11.4. The Morgan fingerprint density at radius 3 is 2.27 bits per heavy atom. The van der Waals surface area contributed by atoms with Gasteiger partial charge in [-0.1, -0.05) is 45.2 Å². The highest BCUT2D eigenvalue weighted by atomic mass is 32.2. The SMILES string of the molecule is CCN(CC)S(=O)(=O)c1ccc([C@H](C)NC(=S)NC2CCCCC2)cc1. The normalized spacial score (nSPS) is 17.1. The Morgan fingerprint density at radius 1 is 1.15 bits per heavy atom. The van der Waals surface area contributed by atoms with E-state index >= 15 is 0 Å². The van der Waals surface area contributed by atoms with Gasteiger partial charge in [0.25, 0.3) is 0 Å². The maximum atomic E-state index is 12.6. The van der Waals surface area contributed by atoms with Crippen LogP contribution in [0.4, 0.5) is 0 Å². The predicted octanol–water partition coefficient (Wildman–Crippen LogP) is 3.57. The van der Waals surface area contributed by atoms with Crippen molar-refractivity contribution in [1.29, 1.82) is 0 Å². The summed E-state index contributed by atoms with van der Waals surface area (Å²) in [5.41, 5.74) is 1.01. The van der Waals surface area contributed by atoms with Gasteiger partial charge in [-0.15, -0.1) is 0 Å². The lowest BCUT2D eigenvalue weighted by atomic mass is 9.96. The molecule has 1 atom stereocenters. The monoisotopic (exact) mass is 397 g/mol. The zero-order valence-electron chi connectivity index (χ0n) is 16.0. The molecule has 2 N–H and O–H groups in total. The smallest absolute Gasteiger partial charge is 0.243 e. The summed E-state index contributed by atoms with van der Waals surface area (Å²) in [4.78, 5) is 0.333. The van der Waals surface area contributed by atoms with Gasteiger partial charge in [0.2, 0.25) is 10.0 Å². The van der Waals surface area contributed by atoms with Crippen molar-refractivity contribution in [2.24, 2.45) is 0 Å². The Kier molecular flexibility index (Phi) is 7.85. The molecular weight excluding hydrogens is 366 g/mol. The number of nitrogens with zero attached hydrogens (tertiary/aromatic N) is 1. The molecule has 1 fully saturated rings. The maximum absolute atomic E-state index is 12.6. The fourth-order valence-electron chi connectivity index (χ4n) is 3.40. The van der Waals surface area contributed by atoms with E-state index in [0.29, 0.717) is 29.1 Å². The van der Waals surface area contributed by atoms with Gasteiger partial charge in [-0.3, -0.25) is 0 Å². The molecule has 0 aliphatic heterocycles. The average Bonchev–Trinajstić information content (AvgIpc) is 2.63. The molecule has 0 heterocycles. The van der Waals surface area contributed by atoms with Gasteiger partial charge >= 0.3 is 0 Å². The van der Waals surface area contributed by atoms with Crippen LogP contribution >= 0.6 is 12.2 Å².